The van der Waals surface area contributed by atoms with Crippen LogP contribution in [0.5, 0.6) is 0 Å². The Labute approximate surface area is 139 Å². The fraction of sp³-hybridized carbons (Fsp3) is 0.167. The molecule has 2 heterocycles. The van der Waals surface area contributed by atoms with Crippen molar-refractivity contribution in [1.29, 1.82) is 0 Å². The SMILES string of the molecule is Cc1c(Cl)nnc(Nc2c(Cl)cc(Cl)c3nsnc23)c1C. The number of hydrogen-bond acceptors (Lipinski definition) is 6. The fourth-order valence-corrected chi connectivity index (χ4v) is 3.15. The lowest BCUT2D eigenvalue weighted by Gasteiger charge is -2.12. The summed E-state index contributed by atoms with van der Waals surface area (Å²) in [5.41, 5.74) is 3.55. The van der Waals surface area contributed by atoms with Crippen molar-refractivity contribution in [3.8, 4) is 0 Å². The first kappa shape index (κ1) is 14.7. The van der Waals surface area contributed by atoms with Crippen LogP contribution in [-0.4, -0.2) is 18.9 Å². The third-order valence-corrected chi connectivity index (χ3v) is 4.63. The van der Waals surface area contributed by atoms with Gasteiger partial charge < -0.3 is 5.32 Å². The van der Waals surface area contributed by atoms with Gasteiger partial charge in [-0.05, 0) is 31.0 Å². The van der Waals surface area contributed by atoms with Crippen molar-refractivity contribution in [3.05, 3.63) is 32.4 Å². The summed E-state index contributed by atoms with van der Waals surface area (Å²) in [5, 5.41) is 12.4. The molecule has 0 fully saturated rings. The first-order chi connectivity index (χ1) is 9.99. The highest BCUT2D eigenvalue weighted by molar-refractivity contribution is 7.00. The van der Waals surface area contributed by atoms with Gasteiger partial charge in [-0.15, -0.1) is 10.2 Å². The van der Waals surface area contributed by atoms with Gasteiger partial charge in [-0.1, -0.05) is 34.8 Å². The molecule has 0 unspecified atom stereocenters. The fourth-order valence-electron chi connectivity index (χ4n) is 1.81. The van der Waals surface area contributed by atoms with Crippen LogP contribution >= 0.6 is 46.5 Å². The zero-order chi connectivity index (χ0) is 15.1. The highest BCUT2D eigenvalue weighted by Gasteiger charge is 2.16. The van der Waals surface area contributed by atoms with Crippen LogP contribution in [0.25, 0.3) is 11.0 Å². The Morgan fingerprint density at radius 1 is 0.952 bits per heavy atom. The second-order valence-electron chi connectivity index (χ2n) is 4.39. The van der Waals surface area contributed by atoms with Crippen molar-refractivity contribution >= 4 is 69.1 Å². The number of nitrogens with zero attached hydrogens (tertiary/aromatic N) is 4. The Kier molecular flexibility index (Phi) is 3.88. The molecule has 21 heavy (non-hydrogen) atoms. The summed E-state index contributed by atoms with van der Waals surface area (Å²) in [5.74, 6) is 0.565. The molecule has 0 atom stereocenters. The molecule has 1 N–H and O–H groups in total. The van der Waals surface area contributed by atoms with E-state index in [1.165, 1.54) is 0 Å². The standard InChI is InChI=1S/C12H8Cl3N5S/c1-4-5(2)12(18-17-11(4)15)16-8-6(13)3-7(14)9-10(8)20-21-19-9/h3H,1-2H3,(H,16,18). The predicted octanol–water partition coefficient (Wildman–Crippen LogP) is 4.80. The summed E-state index contributed by atoms with van der Waals surface area (Å²) in [7, 11) is 0. The summed E-state index contributed by atoms with van der Waals surface area (Å²) < 4.78 is 8.39. The van der Waals surface area contributed by atoms with Gasteiger partial charge in [0, 0.05) is 0 Å². The van der Waals surface area contributed by atoms with E-state index < -0.39 is 0 Å². The zero-order valence-corrected chi connectivity index (χ0v) is 14.0. The van der Waals surface area contributed by atoms with Gasteiger partial charge in [0.15, 0.2) is 11.0 Å². The third kappa shape index (κ3) is 2.53. The van der Waals surface area contributed by atoms with E-state index in [1.807, 2.05) is 13.8 Å². The molecule has 0 aliphatic heterocycles. The van der Waals surface area contributed by atoms with Crippen LogP contribution in [0.2, 0.25) is 15.2 Å². The van der Waals surface area contributed by atoms with Gasteiger partial charge in [0.2, 0.25) is 0 Å². The Morgan fingerprint density at radius 2 is 1.67 bits per heavy atom. The van der Waals surface area contributed by atoms with E-state index >= 15 is 0 Å². The van der Waals surface area contributed by atoms with Gasteiger partial charge in [-0.2, -0.15) is 8.75 Å². The Balaban J connectivity index is 2.15. The zero-order valence-electron chi connectivity index (χ0n) is 10.9. The molecule has 1 aromatic carbocycles. The average Bonchev–Trinajstić information content (AvgIpc) is 2.93. The number of anilines is 2. The van der Waals surface area contributed by atoms with E-state index in [9.17, 15) is 0 Å². The number of halogens is 3. The Morgan fingerprint density at radius 3 is 2.43 bits per heavy atom. The number of rotatable bonds is 2. The van der Waals surface area contributed by atoms with E-state index in [1.54, 1.807) is 6.07 Å². The first-order valence-corrected chi connectivity index (χ1v) is 7.72. The molecular formula is C12H8Cl3N5S. The molecule has 3 rings (SSSR count). The van der Waals surface area contributed by atoms with Gasteiger partial charge in [-0.25, -0.2) is 0 Å². The van der Waals surface area contributed by atoms with Crippen LogP contribution in [-0.2, 0) is 0 Å². The maximum Gasteiger partial charge on any atom is 0.156 e. The normalized spacial score (nSPS) is 11.1. The monoisotopic (exact) mass is 359 g/mol. The quantitative estimate of drug-likeness (QED) is 0.711. The van der Waals surface area contributed by atoms with Crippen molar-refractivity contribution in [2.24, 2.45) is 0 Å². The molecule has 108 valence electrons. The number of nitrogens with one attached hydrogen (secondary N) is 1. The van der Waals surface area contributed by atoms with Crippen LogP contribution in [0.1, 0.15) is 11.1 Å². The molecule has 0 saturated heterocycles. The summed E-state index contributed by atoms with van der Waals surface area (Å²) >= 11 is 19.4. The van der Waals surface area contributed by atoms with Crippen LogP contribution in [0.4, 0.5) is 11.5 Å². The topological polar surface area (TPSA) is 63.6 Å². The van der Waals surface area contributed by atoms with E-state index in [-0.39, 0.29) is 0 Å². The van der Waals surface area contributed by atoms with Crippen LogP contribution in [0.3, 0.4) is 0 Å². The summed E-state index contributed by atoms with van der Waals surface area (Å²) in [6.07, 6.45) is 0. The largest absolute Gasteiger partial charge is 0.335 e. The molecule has 5 nitrogen and oxygen atoms in total. The molecule has 0 spiro atoms. The lowest BCUT2D eigenvalue weighted by atomic mass is 10.2. The van der Waals surface area contributed by atoms with Crippen LogP contribution in [0.15, 0.2) is 6.07 Å². The molecule has 0 aliphatic rings. The van der Waals surface area contributed by atoms with E-state index in [0.29, 0.717) is 37.7 Å². The third-order valence-electron chi connectivity index (χ3n) is 3.15. The maximum absolute atomic E-state index is 6.25. The Bertz CT molecular complexity index is 849. The van der Waals surface area contributed by atoms with Crippen molar-refractivity contribution < 1.29 is 0 Å². The Hall–Kier alpha value is -1.21. The molecule has 0 amide bonds. The summed E-state index contributed by atoms with van der Waals surface area (Å²) in [6.45, 7) is 3.78. The maximum atomic E-state index is 6.25. The highest BCUT2D eigenvalue weighted by atomic mass is 35.5. The lowest BCUT2D eigenvalue weighted by molar-refractivity contribution is 1.00. The molecule has 0 radical (unpaired) electrons. The van der Waals surface area contributed by atoms with Gasteiger partial charge >= 0.3 is 0 Å². The van der Waals surface area contributed by atoms with Gasteiger partial charge in [0.1, 0.15) is 11.0 Å². The van der Waals surface area contributed by atoms with Gasteiger partial charge in [-0.3, -0.25) is 0 Å². The second-order valence-corrected chi connectivity index (χ2v) is 6.09. The molecule has 3 aromatic rings. The van der Waals surface area contributed by atoms with Crippen molar-refractivity contribution in [1.82, 2.24) is 18.9 Å². The molecule has 0 saturated carbocycles. The molecular weight excluding hydrogens is 353 g/mol. The molecule has 0 aliphatic carbocycles. The molecule has 9 heteroatoms. The van der Waals surface area contributed by atoms with E-state index in [0.717, 1.165) is 22.9 Å². The number of hydrogen-bond donors (Lipinski definition) is 1. The van der Waals surface area contributed by atoms with Gasteiger partial charge in [0.25, 0.3) is 0 Å². The summed E-state index contributed by atoms with van der Waals surface area (Å²) in [6, 6.07) is 1.63. The smallest absolute Gasteiger partial charge is 0.156 e. The average molecular weight is 361 g/mol. The first-order valence-electron chi connectivity index (χ1n) is 5.85. The predicted molar refractivity (Wildman–Crippen MR) is 87.2 cm³/mol. The minimum absolute atomic E-state index is 0.376. The van der Waals surface area contributed by atoms with Crippen LogP contribution < -0.4 is 5.32 Å². The molecule has 2 aromatic heterocycles. The van der Waals surface area contributed by atoms with E-state index in [4.69, 9.17) is 34.8 Å². The number of fused-ring (bicyclic) bond motifs is 1. The van der Waals surface area contributed by atoms with Crippen molar-refractivity contribution in [3.63, 3.8) is 0 Å². The second kappa shape index (κ2) is 5.53. The molecule has 0 bridgehead atoms. The van der Waals surface area contributed by atoms with Crippen molar-refractivity contribution in [2.45, 2.75) is 13.8 Å². The van der Waals surface area contributed by atoms with Crippen molar-refractivity contribution in [2.75, 3.05) is 5.32 Å². The van der Waals surface area contributed by atoms with E-state index in [2.05, 4.69) is 24.3 Å². The number of aromatic nitrogens is 4. The van der Waals surface area contributed by atoms with Gasteiger partial charge in [0.05, 0.1) is 27.5 Å². The van der Waals surface area contributed by atoms with Crippen LogP contribution in [0, 0.1) is 13.8 Å². The summed E-state index contributed by atoms with van der Waals surface area (Å²) in [4.78, 5) is 0. The lowest BCUT2D eigenvalue weighted by Crippen LogP contribution is -2.02. The minimum Gasteiger partial charge on any atom is -0.335 e. The minimum atomic E-state index is 0.376. The number of benzene rings is 1. The highest BCUT2D eigenvalue weighted by Crippen LogP contribution is 2.37.